The van der Waals surface area contributed by atoms with E-state index < -0.39 is 0 Å². The van der Waals surface area contributed by atoms with Crippen LogP contribution in [0.25, 0.3) is 21.6 Å². The molecule has 0 fully saturated rings. The van der Waals surface area contributed by atoms with Gasteiger partial charge in [0.15, 0.2) is 5.13 Å². The van der Waals surface area contributed by atoms with Crippen LogP contribution in [0.4, 0.5) is 10.9 Å². The summed E-state index contributed by atoms with van der Waals surface area (Å²) in [6, 6.07) is 7.90. The number of aromatic nitrogens is 5. The summed E-state index contributed by atoms with van der Waals surface area (Å²) in [5, 5.41) is 11.0. The molecule has 4 heterocycles. The van der Waals surface area contributed by atoms with Crippen molar-refractivity contribution < 1.29 is 0 Å². The summed E-state index contributed by atoms with van der Waals surface area (Å²) in [6.07, 6.45) is 3.57. The third-order valence-corrected chi connectivity index (χ3v) is 4.39. The maximum atomic E-state index is 4.69. The van der Waals surface area contributed by atoms with Gasteiger partial charge in [-0.3, -0.25) is 5.10 Å². The van der Waals surface area contributed by atoms with Gasteiger partial charge >= 0.3 is 0 Å². The van der Waals surface area contributed by atoms with Crippen molar-refractivity contribution in [2.45, 2.75) is 13.8 Å². The summed E-state index contributed by atoms with van der Waals surface area (Å²) in [5.74, 6) is 0.787. The van der Waals surface area contributed by atoms with Crippen molar-refractivity contribution in [3.05, 3.63) is 47.9 Å². The fourth-order valence-corrected chi connectivity index (χ4v) is 3.19. The normalized spacial score (nSPS) is 11.0. The molecular weight excluding hydrogens is 308 g/mol. The molecule has 2 N–H and O–H groups in total. The van der Waals surface area contributed by atoms with E-state index in [9.17, 15) is 0 Å². The van der Waals surface area contributed by atoms with Gasteiger partial charge in [-0.15, -0.1) is 0 Å². The minimum atomic E-state index is 0.784. The van der Waals surface area contributed by atoms with Crippen LogP contribution in [0.5, 0.6) is 0 Å². The van der Waals surface area contributed by atoms with E-state index in [1.165, 1.54) is 11.3 Å². The zero-order valence-electron chi connectivity index (χ0n) is 12.7. The third kappa shape index (κ3) is 2.66. The number of hydrogen-bond acceptors (Lipinski definition) is 6. The molecule has 0 radical (unpaired) electrons. The quantitative estimate of drug-likeness (QED) is 0.599. The molecule has 7 heteroatoms. The molecular formula is C16H14N6S. The Morgan fingerprint density at radius 3 is 2.83 bits per heavy atom. The van der Waals surface area contributed by atoms with Crippen molar-refractivity contribution in [3.63, 3.8) is 0 Å². The Kier molecular flexibility index (Phi) is 3.27. The van der Waals surface area contributed by atoms with Crippen molar-refractivity contribution in [3.8, 4) is 11.3 Å². The Balaban J connectivity index is 1.69. The van der Waals surface area contributed by atoms with Gasteiger partial charge in [0.05, 0.1) is 11.9 Å². The predicted molar refractivity (Wildman–Crippen MR) is 92.0 cm³/mol. The monoisotopic (exact) mass is 322 g/mol. The van der Waals surface area contributed by atoms with Crippen LogP contribution in [0.15, 0.2) is 36.7 Å². The average molecular weight is 322 g/mol. The van der Waals surface area contributed by atoms with Gasteiger partial charge in [-0.05, 0) is 43.7 Å². The minimum Gasteiger partial charge on any atom is -0.316 e. The summed E-state index contributed by atoms with van der Waals surface area (Å²) in [5.41, 5.74) is 4.93. The summed E-state index contributed by atoms with van der Waals surface area (Å²) in [7, 11) is 0. The number of fused-ring (bicyclic) bond motifs is 1. The number of pyridine rings is 2. The molecule has 4 aromatic rings. The molecule has 0 amide bonds. The van der Waals surface area contributed by atoms with Gasteiger partial charge < -0.3 is 5.32 Å². The highest BCUT2D eigenvalue weighted by Crippen LogP contribution is 2.29. The van der Waals surface area contributed by atoms with Crippen LogP contribution in [0.3, 0.4) is 0 Å². The van der Waals surface area contributed by atoms with E-state index in [0.29, 0.717) is 0 Å². The van der Waals surface area contributed by atoms with Crippen LogP contribution in [-0.4, -0.2) is 25.1 Å². The topological polar surface area (TPSA) is 79.4 Å². The number of nitrogens with zero attached hydrogens (tertiary/aromatic N) is 4. The Labute approximate surface area is 136 Å². The molecule has 4 rings (SSSR count). The van der Waals surface area contributed by atoms with E-state index in [2.05, 4.69) is 25.5 Å². The van der Waals surface area contributed by atoms with Crippen LogP contribution < -0.4 is 5.32 Å². The molecule has 114 valence electrons. The second-order valence-corrected chi connectivity index (χ2v) is 6.27. The van der Waals surface area contributed by atoms with Gasteiger partial charge in [0.1, 0.15) is 16.2 Å². The molecule has 0 aliphatic carbocycles. The lowest BCUT2D eigenvalue weighted by atomic mass is 10.2. The van der Waals surface area contributed by atoms with Crippen molar-refractivity contribution in [1.82, 2.24) is 25.1 Å². The lowest BCUT2D eigenvalue weighted by Crippen LogP contribution is -1.92. The van der Waals surface area contributed by atoms with Crippen LogP contribution in [-0.2, 0) is 0 Å². The molecule has 4 aromatic heterocycles. The SMILES string of the molecule is Cc1ccnc(Nc2nc3ccc(-c4cn[nH]c4C)nc3s2)c1. The van der Waals surface area contributed by atoms with E-state index in [1.54, 1.807) is 12.4 Å². The molecule has 0 atom stereocenters. The number of aromatic amines is 1. The number of anilines is 2. The Hall–Kier alpha value is -2.80. The number of thiazole rings is 1. The lowest BCUT2D eigenvalue weighted by molar-refractivity contribution is 1.05. The highest BCUT2D eigenvalue weighted by atomic mass is 32.1. The zero-order valence-corrected chi connectivity index (χ0v) is 13.5. The molecule has 0 saturated carbocycles. The Bertz CT molecular complexity index is 987. The number of aryl methyl sites for hydroxylation is 2. The molecule has 0 aromatic carbocycles. The fraction of sp³-hybridized carbons (Fsp3) is 0.125. The van der Waals surface area contributed by atoms with Gasteiger partial charge in [0.25, 0.3) is 0 Å². The second kappa shape index (κ2) is 5.44. The van der Waals surface area contributed by atoms with Crippen LogP contribution in [0.1, 0.15) is 11.3 Å². The van der Waals surface area contributed by atoms with Crippen LogP contribution >= 0.6 is 11.3 Å². The first-order valence-corrected chi connectivity index (χ1v) is 7.98. The van der Waals surface area contributed by atoms with Gasteiger partial charge in [-0.2, -0.15) is 5.10 Å². The molecule has 0 aliphatic heterocycles. The van der Waals surface area contributed by atoms with Crippen LogP contribution in [0, 0.1) is 13.8 Å². The highest BCUT2D eigenvalue weighted by molar-refractivity contribution is 7.21. The van der Waals surface area contributed by atoms with Crippen molar-refractivity contribution in [2.24, 2.45) is 0 Å². The first-order valence-electron chi connectivity index (χ1n) is 7.17. The standard InChI is InChI=1S/C16H14N6S/c1-9-5-6-17-14(7-9)21-16-20-13-4-3-12(19-15(13)23-16)11-8-18-22-10(11)2/h3-8H,1-2H3,(H,18,22)(H,17,20,21). The van der Waals surface area contributed by atoms with Crippen molar-refractivity contribution >= 4 is 32.6 Å². The van der Waals surface area contributed by atoms with Gasteiger partial charge in [0, 0.05) is 17.5 Å². The minimum absolute atomic E-state index is 0.784. The highest BCUT2D eigenvalue weighted by Gasteiger charge is 2.10. The van der Waals surface area contributed by atoms with Gasteiger partial charge in [0.2, 0.25) is 0 Å². The molecule has 6 nitrogen and oxygen atoms in total. The van der Waals surface area contributed by atoms with Crippen molar-refractivity contribution in [1.29, 1.82) is 0 Å². The number of hydrogen-bond donors (Lipinski definition) is 2. The summed E-state index contributed by atoms with van der Waals surface area (Å²) < 4.78 is 0. The van der Waals surface area contributed by atoms with E-state index >= 15 is 0 Å². The van der Waals surface area contributed by atoms with Crippen LogP contribution in [0.2, 0.25) is 0 Å². The average Bonchev–Trinajstić information content (AvgIpc) is 3.11. The Morgan fingerprint density at radius 1 is 1.13 bits per heavy atom. The largest absolute Gasteiger partial charge is 0.316 e. The first-order chi connectivity index (χ1) is 11.2. The summed E-state index contributed by atoms with van der Waals surface area (Å²) in [4.78, 5) is 14.4. The van der Waals surface area contributed by atoms with Gasteiger partial charge in [-0.25, -0.2) is 15.0 Å². The maximum Gasteiger partial charge on any atom is 0.190 e. The third-order valence-electron chi connectivity index (χ3n) is 3.51. The number of nitrogens with one attached hydrogen (secondary N) is 2. The molecule has 0 unspecified atom stereocenters. The van der Waals surface area contributed by atoms with E-state index in [-0.39, 0.29) is 0 Å². The smallest absolute Gasteiger partial charge is 0.190 e. The second-order valence-electron chi connectivity index (χ2n) is 5.29. The fourth-order valence-electron chi connectivity index (χ4n) is 2.34. The maximum absolute atomic E-state index is 4.69. The zero-order chi connectivity index (χ0) is 15.8. The summed E-state index contributed by atoms with van der Waals surface area (Å²) >= 11 is 1.51. The number of rotatable bonds is 3. The summed E-state index contributed by atoms with van der Waals surface area (Å²) in [6.45, 7) is 4.02. The van der Waals surface area contributed by atoms with E-state index in [4.69, 9.17) is 4.98 Å². The van der Waals surface area contributed by atoms with E-state index in [0.717, 1.165) is 43.8 Å². The van der Waals surface area contributed by atoms with E-state index in [1.807, 2.05) is 38.1 Å². The first kappa shape index (κ1) is 13.8. The Morgan fingerprint density at radius 2 is 2.04 bits per heavy atom. The van der Waals surface area contributed by atoms with Crippen molar-refractivity contribution in [2.75, 3.05) is 5.32 Å². The lowest BCUT2D eigenvalue weighted by Gasteiger charge is -2.01. The number of H-pyrrole nitrogens is 1. The van der Waals surface area contributed by atoms with Gasteiger partial charge in [-0.1, -0.05) is 11.3 Å². The molecule has 0 aliphatic rings. The molecule has 0 bridgehead atoms. The molecule has 0 spiro atoms. The molecule has 0 saturated heterocycles. The molecule has 23 heavy (non-hydrogen) atoms. The predicted octanol–water partition coefficient (Wildman–Crippen LogP) is 3.84.